The molecule has 0 aliphatic carbocycles. The van der Waals surface area contributed by atoms with Gasteiger partial charge in [0.15, 0.2) is 5.82 Å². The van der Waals surface area contributed by atoms with E-state index in [2.05, 4.69) is 9.98 Å². The minimum atomic E-state index is -0.333. The molecule has 0 saturated heterocycles. The fourth-order valence-corrected chi connectivity index (χ4v) is 0.994. The number of halogens is 1. The minimum absolute atomic E-state index is 0.174. The lowest BCUT2D eigenvalue weighted by Gasteiger charge is -2.03. The van der Waals surface area contributed by atoms with Crippen molar-refractivity contribution in [3.63, 3.8) is 0 Å². The van der Waals surface area contributed by atoms with Crippen LogP contribution in [-0.2, 0) is 6.61 Å². The quantitative estimate of drug-likeness (QED) is 0.561. The molecular formula is C8H8ClN2O2-. The van der Waals surface area contributed by atoms with E-state index in [0.717, 1.165) is 0 Å². The zero-order valence-corrected chi connectivity index (χ0v) is 7.75. The molecule has 1 N–H and O–H groups in total. The fraction of sp³-hybridized carbons (Fsp3) is 0.250. The highest BCUT2D eigenvalue weighted by Gasteiger charge is 2.00. The van der Waals surface area contributed by atoms with Crippen LogP contribution in [0.1, 0.15) is 12.5 Å². The van der Waals surface area contributed by atoms with Crippen LogP contribution in [0.5, 0.6) is 0 Å². The van der Waals surface area contributed by atoms with Crippen LogP contribution in [0.3, 0.4) is 0 Å². The Morgan fingerprint density at radius 3 is 2.92 bits per heavy atom. The molecule has 0 aromatic carbocycles. The van der Waals surface area contributed by atoms with E-state index in [1.165, 1.54) is 19.2 Å². The van der Waals surface area contributed by atoms with Crippen LogP contribution in [0.2, 0.25) is 5.02 Å². The van der Waals surface area contributed by atoms with Crippen molar-refractivity contribution in [1.82, 2.24) is 4.98 Å². The van der Waals surface area contributed by atoms with Crippen molar-refractivity contribution in [2.24, 2.45) is 4.99 Å². The van der Waals surface area contributed by atoms with Gasteiger partial charge in [-0.3, -0.25) is 4.99 Å². The Hall–Kier alpha value is -1.13. The lowest BCUT2D eigenvalue weighted by molar-refractivity contribution is -0.215. The first-order valence-corrected chi connectivity index (χ1v) is 3.99. The minimum Gasteiger partial charge on any atom is -0.862 e. The molecule has 13 heavy (non-hydrogen) atoms. The summed E-state index contributed by atoms with van der Waals surface area (Å²) in [6.07, 6.45) is 1.39. The molecule has 0 bridgehead atoms. The Kier molecular flexibility index (Phi) is 3.22. The number of aliphatic imine (C=N–C) groups is 1. The number of hydrogen-bond acceptors (Lipinski definition) is 4. The Balaban J connectivity index is 3.03. The standard InChI is InChI=1S/C8H9ClN2O2/c1-5(13)11-8-2-7(9)6(4-12)3-10-8/h2-3,12H,4H2,1H3,(H,10,11,13)/p-1. The summed E-state index contributed by atoms with van der Waals surface area (Å²) in [5, 5.41) is 19.7. The average molecular weight is 200 g/mol. The molecule has 0 radical (unpaired) electrons. The highest BCUT2D eigenvalue weighted by Crippen LogP contribution is 2.19. The second-order valence-corrected chi connectivity index (χ2v) is 2.83. The number of aliphatic hydroxyl groups excluding tert-OH is 1. The maximum absolute atomic E-state index is 10.6. The molecule has 5 heteroatoms. The maximum atomic E-state index is 10.6. The van der Waals surface area contributed by atoms with Gasteiger partial charge in [0.1, 0.15) is 0 Å². The molecule has 0 aliphatic rings. The topological polar surface area (TPSA) is 68.5 Å². The zero-order chi connectivity index (χ0) is 9.84. The van der Waals surface area contributed by atoms with E-state index in [4.69, 9.17) is 16.7 Å². The third-order valence-electron chi connectivity index (χ3n) is 1.36. The Bertz CT molecular complexity index is 335. The number of hydrogen-bond donors (Lipinski definition) is 1. The van der Waals surface area contributed by atoms with Crippen molar-refractivity contribution in [2.45, 2.75) is 13.5 Å². The SMILES string of the molecule is CC([O-])=Nc1cc(Cl)c(CO)cn1. The molecule has 4 nitrogen and oxygen atoms in total. The Morgan fingerprint density at radius 1 is 1.77 bits per heavy atom. The summed E-state index contributed by atoms with van der Waals surface area (Å²) in [6, 6.07) is 1.44. The Labute approximate surface area is 80.5 Å². The van der Waals surface area contributed by atoms with E-state index in [-0.39, 0.29) is 18.3 Å². The molecule has 70 valence electrons. The number of rotatable bonds is 2. The smallest absolute Gasteiger partial charge is 0.152 e. The molecule has 0 saturated carbocycles. The van der Waals surface area contributed by atoms with Crippen LogP contribution >= 0.6 is 11.6 Å². The van der Waals surface area contributed by atoms with Crippen LogP contribution in [0, 0.1) is 0 Å². The van der Waals surface area contributed by atoms with Gasteiger partial charge in [0.25, 0.3) is 0 Å². The van der Waals surface area contributed by atoms with Gasteiger partial charge in [-0.25, -0.2) is 4.98 Å². The molecular weight excluding hydrogens is 192 g/mol. The van der Waals surface area contributed by atoms with Gasteiger partial charge in [0.2, 0.25) is 0 Å². The van der Waals surface area contributed by atoms with E-state index in [0.29, 0.717) is 10.6 Å². The van der Waals surface area contributed by atoms with Crippen molar-refractivity contribution in [2.75, 3.05) is 0 Å². The number of nitrogens with zero attached hydrogens (tertiary/aromatic N) is 2. The second-order valence-electron chi connectivity index (χ2n) is 2.42. The third-order valence-corrected chi connectivity index (χ3v) is 1.71. The molecule has 0 fully saturated rings. The van der Waals surface area contributed by atoms with Crippen LogP contribution < -0.4 is 5.11 Å². The van der Waals surface area contributed by atoms with E-state index in [9.17, 15) is 5.11 Å². The van der Waals surface area contributed by atoms with Gasteiger partial charge in [-0.05, 0) is 12.8 Å². The van der Waals surface area contributed by atoms with Crippen LogP contribution in [0.25, 0.3) is 0 Å². The van der Waals surface area contributed by atoms with Crippen molar-refractivity contribution in [3.8, 4) is 0 Å². The van der Waals surface area contributed by atoms with Gasteiger partial charge in [-0.2, -0.15) is 0 Å². The zero-order valence-electron chi connectivity index (χ0n) is 6.99. The van der Waals surface area contributed by atoms with E-state index in [1.54, 1.807) is 0 Å². The van der Waals surface area contributed by atoms with Crippen molar-refractivity contribution >= 4 is 23.3 Å². The first-order valence-electron chi connectivity index (χ1n) is 3.61. The second kappa shape index (κ2) is 4.20. The summed E-state index contributed by atoms with van der Waals surface area (Å²) in [7, 11) is 0. The highest BCUT2D eigenvalue weighted by atomic mass is 35.5. The number of pyridine rings is 1. The van der Waals surface area contributed by atoms with Crippen molar-refractivity contribution < 1.29 is 10.2 Å². The van der Waals surface area contributed by atoms with E-state index >= 15 is 0 Å². The monoisotopic (exact) mass is 199 g/mol. The first kappa shape index (κ1) is 9.95. The van der Waals surface area contributed by atoms with Crippen LogP contribution in [0.15, 0.2) is 17.3 Å². The van der Waals surface area contributed by atoms with Crippen molar-refractivity contribution in [1.29, 1.82) is 0 Å². The van der Waals surface area contributed by atoms with Gasteiger partial charge in [-0.1, -0.05) is 11.6 Å². The summed E-state index contributed by atoms with van der Waals surface area (Å²) in [4.78, 5) is 7.40. The van der Waals surface area contributed by atoms with Crippen LogP contribution in [0.4, 0.5) is 5.82 Å². The summed E-state index contributed by atoms with van der Waals surface area (Å²) in [5.41, 5.74) is 0.518. The molecule has 0 spiro atoms. The fourth-order valence-electron chi connectivity index (χ4n) is 0.788. The predicted molar refractivity (Wildman–Crippen MR) is 47.9 cm³/mol. The van der Waals surface area contributed by atoms with Gasteiger partial charge < -0.3 is 10.2 Å². The summed E-state index contributed by atoms with van der Waals surface area (Å²) < 4.78 is 0. The normalized spacial score (nSPS) is 11.8. The number of aliphatic hydroxyl groups is 1. The van der Waals surface area contributed by atoms with Gasteiger partial charge in [0, 0.05) is 17.8 Å². The van der Waals surface area contributed by atoms with E-state index in [1.807, 2.05) is 0 Å². The summed E-state index contributed by atoms with van der Waals surface area (Å²) in [6.45, 7) is 1.15. The van der Waals surface area contributed by atoms with Gasteiger partial charge in [0.05, 0.1) is 11.6 Å². The molecule has 0 amide bonds. The summed E-state index contributed by atoms with van der Waals surface area (Å²) >= 11 is 5.74. The lowest BCUT2D eigenvalue weighted by Crippen LogP contribution is -2.11. The molecule has 0 atom stereocenters. The van der Waals surface area contributed by atoms with Crippen molar-refractivity contribution in [3.05, 3.63) is 22.8 Å². The molecule has 0 unspecified atom stereocenters. The molecule has 1 aromatic rings. The largest absolute Gasteiger partial charge is 0.862 e. The van der Waals surface area contributed by atoms with Gasteiger partial charge >= 0.3 is 0 Å². The molecule has 1 heterocycles. The third kappa shape index (κ3) is 2.68. The average Bonchev–Trinajstić information content (AvgIpc) is 2.03. The highest BCUT2D eigenvalue weighted by molar-refractivity contribution is 6.31. The molecule has 1 rings (SSSR count). The lowest BCUT2D eigenvalue weighted by atomic mass is 10.3. The maximum Gasteiger partial charge on any atom is 0.152 e. The number of aromatic nitrogens is 1. The first-order chi connectivity index (χ1) is 6.13. The van der Waals surface area contributed by atoms with Gasteiger partial charge in [-0.15, -0.1) is 0 Å². The predicted octanol–water partition coefficient (Wildman–Crippen LogP) is 0.637. The summed E-state index contributed by atoms with van der Waals surface area (Å²) in [5.74, 6) is -0.0741. The Morgan fingerprint density at radius 2 is 2.46 bits per heavy atom. The van der Waals surface area contributed by atoms with E-state index < -0.39 is 0 Å². The molecule has 1 aromatic heterocycles. The van der Waals surface area contributed by atoms with Crippen LogP contribution in [-0.4, -0.2) is 16.0 Å². The molecule has 0 aliphatic heterocycles.